The van der Waals surface area contributed by atoms with Gasteiger partial charge in [0.25, 0.3) is 11.8 Å². The van der Waals surface area contributed by atoms with Crippen molar-refractivity contribution in [3.8, 4) is 0 Å². The predicted molar refractivity (Wildman–Crippen MR) is 124 cm³/mol. The van der Waals surface area contributed by atoms with Gasteiger partial charge in [-0.2, -0.15) is 5.10 Å². The molecule has 31 heavy (non-hydrogen) atoms. The van der Waals surface area contributed by atoms with E-state index in [1.54, 1.807) is 48.5 Å². The monoisotopic (exact) mass is 499 g/mol. The van der Waals surface area contributed by atoms with Crippen LogP contribution in [0.5, 0.6) is 0 Å². The lowest BCUT2D eigenvalue weighted by Gasteiger charge is -2.13. The number of benzene rings is 2. The van der Waals surface area contributed by atoms with Crippen molar-refractivity contribution in [1.29, 1.82) is 0 Å². The summed E-state index contributed by atoms with van der Waals surface area (Å²) in [5.74, 6) is 0.317. The maximum Gasteiger partial charge on any atom is 0.291 e. The smallest absolute Gasteiger partial charge is 0.291 e. The van der Waals surface area contributed by atoms with Crippen LogP contribution in [-0.4, -0.2) is 17.5 Å². The lowest BCUT2D eigenvalue weighted by Crippen LogP contribution is -2.22. The highest BCUT2D eigenvalue weighted by Gasteiger charge is 2.28. The Morgan fingerprint density at radius 2 is 1.74 bits per heavy atom. The van der Waals surface area contributed by atoms with Gasteiger partial charge >= 0.3 is 0 Å². The highest BCUT2D eigenvalue weighted by atomic mass is 79.9. The number of nitrogens with zero attached hydrogens (tertiary/aromatic N) is 1. The second-order valence-corrected chi connectivity index (χ2v) is 8.53. The van der Waals surface area contributed by atoms with Gasteiger partial charge in [0, 0.05) is 38.3 Å². The van der Waals surface area contributed by atoms with Crippen molar-refractivity contribution in [2.75, 3.05) is 5.32 Å². The van der Waals surface area contributed by atoms with Gasteiger partial charge in [-0.05, 0) is 68.3 Å². The lowest BCUT2D eigenvalue weighted by molar-refractivity contribution is 0.0953. The first-order chi connectivity index (χ1) is 14.9. The Labute approximate surface area is 192 Å². The molecular weight excluding hydrogens is 482 g/mol. The van der Waals surface area contributed by atoms with E-state index in [4.69, 9.17) is 16.0 Å². The topological polar surface area (TPSA) is 83.7 Å². The predicted octanol–water partition coefficient (Wildman–Crippen LogP) is 5.73. The number of fused-ring (bicyclic) bond motifs is 1. The van der Waals surface area contributed by atoms with Crippen LogP contribution in [-0.2, 0) is 6.42 Å². The minimum Gasteiger partial charge on any atom is -0.455 e. The maximum absolute atomic E-state index is 12.8. The molecule has 1 aliphatic rings. The van der Waals surface area contributed by atoms with Crippen molar-refractivity contribution in [2.45, 2.75) is 26.2 Å². The van der Waals surface area contributed by atoms with Gasteiger partial charge in [0.15, 0.2) is 5.76 Å². The summed E-state index contributed by atoms with van der Waals surface area (Å²) in [5, 5.41) is 7.76. The zero-order valence-electron chi connectivity index (χ0n) is 16.7. The van der Waals surface area contributed by atoms with Crippen molar-refractivity contribution >= 4 is 50.7 Å². The third-order valence-electron chi connectivity index (χ3n) is 5.03. The molecule has 0 unspecified atom stereocenters. The molecule has 3 aromatic rings. The molecule has 0 atom stereocenters. The summed E-state index contributed by atoms with van der Waals surface area (Å²) in [6.45, 7) is 1.83. The molecule has 2 amide bonds. The molecule has 0 aliphatic heterocycles. The summed E-state index contributed by atoms with van der Waals surface area (Å²) < 4.78 is 6.79. The van der Waals surface area contributed by atoms with Crippen molar-refractivity contribution in [1.82, 2.24) is 5.43 Å². The number of hydrazone groups is 1. The maximum atomic E-state index is 12.8. The number of hydrogen-bond acceptors (Lipinski definition) is 4. The van der Waals surface area contributed by atoms with Crippen LogP contribution in [0, 0.1) is 6.92 Å². The largest absolute Gasteiger partial charge is 0.455 e. The summed E-state index contributed by atoms with van der Waals surface area (Å²) in [5.41, 5.74) is 5.96. The highest BCUT2D eigenvalue weighted by molar-refractivity contribution is 9.10. The van der Waals surface area contributed by atoms with Crippen LogP contribution in [0.4, 0.5) is 5.69 Å². The quantitative estimate of drug-likeness (QED) is 0.449. The van der Waals surface area contributed by atoms with Gasteiger partial charge in [-0.15, -0.1) is 0 Å². The molecule has 0 spiro atoms. The van der Waals surface area contributed by atoms with E-state index in [-0.39, 0.29) is 17.6 Å². The number of amides is 2. The second-order valence-electron chi connectivity index (χ2n) is 7.18. The van der Waals surface area contributed by atoms with E-state index in [0.29, 0.717) is 46.2 Å². The standard InChI is InChI=1S/C23H19BrClN3O3/c1-13-20-18(27-28-22(29)14-5-7-15(24)8-6-14)3-2-4-19(20)31-21(13)23(30)26-17-11-9-16(25)10-12-17/h5-12H,2-4H2,1H3,(H,26,30)(H,28,29)/b27-18+. The number of hydrogen-bond donors (Lipinski definition) is 2. The highest BCUT2D eigenvalue weighted by Crippen LogP contribution is 2.30. The van der Waals surface area contributed by atoms with Crippen LogP contribution in [0.15, 0.2) is 62.5 Å². The molecule has 158 valence electrons. The van der Waals surface area contributed by atoms with Crippen LogP contribution in [0.25, 0.3) is 0 Å². The van der Waals surface area contributed by atoms with Crippen LogP contribution in [0.2, 0.25) is 5.02 Å². The number of furan rings is 1. The average Bonchev–Trinajstić information content (AvgIpc) is 3.11. The zero-order chi connectivity index (χ0) is 22.0. The molecule has 0 saturated carbocycles. The fraction of sp³-hybridized carbons (Fsp3) is 0.174. The van der Waals surface area contributed by atoms with Gasteiger partial charge in [0.05, 0.1) is 5.71 Å². The Morgan fingerprint density at radius 1 is 1.03 bits per heavy atom. The van der Waals surface area contributed by atoms with E-state index < -0.39 is 0 Å². The van der Waals surface area contributed by atoms with E-state index in [1.165, 1.54) is 0 Å². The summed E-state index contributed by atoms with van der Waals surface area (Å²) in [4.78, 5) is 25.2. The van der Waals surface area contributed by atoms with Crippen molar-refractivity contribution in [3.63, 3.8) is 0 Å². The molecule has 1 aromatic heterocycles. The Morgan fingerprint density at radius 3 is 2.45 bits per heavy atom. The minimum atomic E-state index is -0.340. The summed E-state index contributed by atoms with van der Waals surface area (Å²) in [7, 11) is 0. The number of nitrogens with one attached hydrogen (secondary N) is 2. The van der Waals surface area contributed by atoms with E-state index in [0.717, 1.165) is 16.5 Å². The van der Waals surface area contributed by atoms with E-state index in [2.05, 4.69) is 31.8 Å². The van der Waals surface area contributed by atoms with Crippen molar-refractivity contribution < 1.29 is 14.0 Å². The number of anilines is 1. The number of halogens is 2. The molecule has 1 heterocycles. The molecule has 1 aliphatic carbocycles. The normalized spacial score (nSPS) is 14.2. The van der Waals surface area contributed by atoms with Gasteiger partial charge in [0.1, 0.15) is 5.76 Å². The molecular formula is C23H19BrClN3O3. The first kappa shape index (κ1) is 21.3. The number of carbonyl (C=O) groups is 2. The van der Waals surface area contributed by atoms with Gasteiger partial charge in [-0.1, -0.05) is 27.5 Å². The molecule has 0 fully saturated rings. The second kappa shape index (κ2) is 9.08. The molecule has 0 saturated heterocycles. The first-order valence-electron chi connectivity index (χ1n) is 9.74. The summed E-state index contributed by atoms with van der Waals surface area (Å²) in [6, 6.07) is 13.9. The molecule has 0 radical (unpaired) electrons. The summed E-state index contributed by atoms with van der Waals surface area (Å²) in [6.07, 6.45) is 2.22. The molecule has 6 nitrogen and oxygen atoms in total. The van der Waals surface area contributed by atoms with Crippen molar-refractivity contribution in [3.05, 3.63) is 86.2 Å². The fourth-order valence-electron chi connectivity index (χ4n) is 3.50. The van der Waals surface area contributed by atoms with E-state index >= 15 is 0 Å². The van der Waals surface area contributed by atoms with Gasteiger partial charge in [0.2, 0.25) is 0 Å². The molecule has 2 N–H and O–H groups in total. The van der Waals surface area contributed by atoms with Crippen LogP contribution < -0.4 is 10.7 Å². The van der Waals surface area contributed by atoms with Crippen molar-refractivity contribution in [2.24, 2.45) is 5.10 Å². The Balaban J connectivity index is 1.55. The van der Waals surface area contributed by atoms with Gasteiger partial charge < -0.3 is 9.73 Å². The fourth-order valence-corrected chi connectivity index (χ4v) is 3.89. The van der Waals surface area contributed by atoms with E-state index in [9.17, 15) is 9.59 Å². The third kappa shape index (κ3) is 4.73. The Hall–Kier alpha value is -2.90. The number of aryl methyl sites for hydroxylation is 1. The first-order valence-corrected chi connectivity index (χ1v) is 10.9. The SMILES string of the molecule is Cc1c(C(=O)Nc2ccc(Cl)cc2)oc2c1/C(=N/NC(=O)c1ccc(Br)cc1)CCC2. The van der Waals surface area contributed by atoms with Gasteiger partial charge in [-0.3, -0.25) is 9.59 Å². The zero-order valence-corrected chi connectivity index (χ0v) is 19.0. The lowest BCUT2D eigenvalue weighted by atomic mass is 9.93. The van der Waals surface area contributed by atoms with E-state index in [1.807, 2.05) is 6.92 Å². The van der Waals surface area contributed by atoms with Crippen LogP contribution in [0.3, 0.4) is 0 Å². The Bertz CT molecular complexity index is 1170. The van der Waals surface area contributed by atoms with Crippen LogP contribution in [0.1, 0.15) is 50.6 Å². The molecule has 0 bridgehead atoms. The summed E-state index contributed by atoms with van der Waals surface area (Å²) >= 11 is 9.25. The average molecular weight is 501 g/mol. The third-order valence-corrected chi connectivity index (χ3v) is 5.81. The minimum absolute atomic E-state index is 0.244. The van der Waals surface area contributed by atoms with Crippen LogP contribution >= 0.6 is 27.5 Å². The molecule has 4 rings (SSSR count). The molecule has 8 heteroatoms. The van der Waals surface area contributed by atoms with Gasteiger partial charge in [-0.25, -0.2) is 5.43 Å². The molecule has 2 aromatic carbocycles. The number of rotatable bonds is 4. The Kier molecular flexibility index (Phi) is 6.25. The number of carbonyl (C=O) groups excluding carboxylic acids is 2.